The molecule has 1 saturated carbocycles. The van der Waals surface area contributed by atoms with Crippen LogP contribution in [0.5, 0.6) is 5.75 Å². The van der Waals surface area contributed by atoms with Crippen LogP contribution in [0.1, 0.15) is 37.3 Å². The average Bonchev–Trinajstić information content (AvgIpc) is 2.91. The fourth-order valence-electron chi connectivity index (χ4n) is 3.12. The van der Waals surface area contributed by atoms with Gasteiger partial charge in [0, 0.05) is 24.7 Å². The Bertz CT molecular complexity index is 388. The molecule has 0 bridgehead atoms. The Morgan fingerprint density at radius 2 is 2.00 bits per heavy atom. The van der Waals surface area contributed by atoms with Gasteiger partial charge in [0.2, 0.25) is 0 Å². The molecule has 3 nitrogen and oxygen atoms in total. The minimum atomic E-state index is 0.0163. The summed E-state index contributed by atoms with van der Waals surface area (Å²) in [4.78, 5) is 2.37. The molecule has 1 aliphatic rings. The SMILES string of the molecule is COc1ccccc1C(N)CN(C)CC1CCCC1. The zero-order chi connectivity index (χ0) is 13.7. The van der Waals surface area contributed by atoms with Crippen molar-refractivity contribution in [2.24, 2.45) is 11.7 Å². The van der Waals surface area contributed by atoms with Crippen LogP contribution in [0.2, 0.25) is 0 Å². The summed E-state index contributed by atoms with van der Waals surface area (Å²) in [5, 5.41) is 0. The van der Waals surface area contributed by atoms with Gasteiger partial charge in [0.05, 0.1) is 7.11 Å². The van der Waals surface area contributed by atoms with Gasteiger partial charge < -0.3 is 15.4 Å². The largest absolute Gasteiger partial charge is 0.496 e. The molecular formula is C16H26N2O. The molecule has 1 aliphatic carbocycles. The van der Waals surface area contributed by atoms with Gasteiger partial charge in [-0.2, -0.15) is 0 Å². The smallest absolute Gasteiger partial charge is 0.123 e. The van der Waals surface area contributed by atoms with Crippen molar-refractivity contribution in [3.8, 4) is 5.75 Å². The van der Waals surface area contributed by atoms with Crippen molar-refractivity contribution >= 4 is 0 Å². The molecule has 1 unspecified atom stereocenters. The fourth-order valence-corrected chi connectivity index (χ4v) is 3.12. The third kappa shape index (κ3) is 3.95. The number of nitrogens with zero attached hydrogens (tertiary/aromatic N) is 1. The summed E-state index contributed by atoms with van der Waals surface area (Å²) in [5.74, 6) is 1.76. The molecule has 106 valence electrons. The average molecular weight is 262 g/mol. The molecule has 0 aliphatic heterocycles. The summed E-state index contributed by atoms with van der Waals surface area (Å²) >= 11 is 0. The van der Waals surface area contributed by atoms with E-state index in [-0.39, 0.29) is 6.04 Å². The van der Waals surface area contributed by atoms with Crippen molar-refractivity contribution in [3.63, 3.8) is 0 Å². The highest BCUT2D eigenvalue weighted by Gasteiger charge is 2.19. The minimum Gasteiger partial charge on any atom is -0.496 e. The Hall–Kier alpha value is -1.06. The maximum atomic E-state index is 6.32. The predicted molar refractivity (Wildman–Crippen MR) is 79.4 cm³/mol. The topological polar surface area (TPSA) is 38.5 Å². The predicted octanol–water partition coefficient (Wildman–Crippen LogP) is 2.82. The number of hydrogen-bond donors (Lipinski definition) is 1. The van der Waals surface area contributed by atoms with Crippen LogP contribution in [0.3, 0.4) is 0 Å². The van der Waals surface area contributed by atoms with E-state index in [1.54, 1.807) is 7.11 Å². The van der Waals surface area contributed by atoms with E-state index in [0.29, 0.717) is 0 Å². The minimum absolute atomic E-state index is 0.0163. The Morgan fingerprint density at radius 3 is 2.68 bits per heavy atom. The Morgan fingerprint density at radius 1 is 1.32 bits per heavy atom. The highest BCUT2D eigenvalue weighted by atomic mass is 16.5. The molecule has 0 radical (unpaired) electrons. The molecule has 0 spiro atoms. The van der Waals surface area contributed by atoms with Crippen LogP contribution >= 0.6 is 0 Å². The zero-order valence-corrected chi connectivity index (χ0v) is 12.1. The first kappa shape index (κ1) is 14.4. The van der Waals surface area contributed by atoms with Crippen molar-refractivity contribution < 1.29 is 4.74 Å². The lowest BCUT2D eigenvalue weighted by molar-refractivity contribution is 0.262. The van der Waals surface area contributed by atoms with Crippen LogP contribution in [0.25, 0.3) is 0 Å². The molecule has 2 N–H and O–H groups in total. The van der Waals surface area contributed by atoms with E-state index in [1.165, 1.54) is 32.2 Å². The maximum absolute atomic E-state index is 6.32. The first-order chi connectivity index (χ1) is 9.20. The molecule has 1 aromatic rings. The van der Waals surface area contributed by atoms with Gasteiger partial charge in [0.1, 0.15) is 5.75 Å². The van der Waals surface area contributed by atoms with Crippen LogP contribution in [-0.2, 0) is 0 Å². The summed E-state index contributed by atoms with van der Waals surface area (Å²) in [6.45, 7) is 2.06. The Labute approximate surface area is 116 Å². The third-order valence-electron chi connectivity index (χ3n) is 4.09. The summed E-state index contributed by atoms with van der Waals surface area (Å²) in [5.41, 5.74) is 7.43. The Kier molecular flexibility index (Phi) is 5.23. The van der Waals surface area contributed by atoms with E-state index in [4.69, 9.17) is 10.5 Å². The number of para-hydroxylation sites is 1. The van der Waals surface area contributed by atoms with Crippen LogP contribution in [0, 0.1) is 5.92 Å². The number of benzene rings is 1. The second-order valence-electron chi connectivity index (χ2n) is 5.72. The summed E-state index contributed by atoms with van der Waals surface area (Å²) < 4.78 is 5.38. The number of rotatable bonds is 6. The van der Waals surface area contributed by atoms with Crippen LogP contribution < -0.4 is 10.5 Å². The lowest BCUT2D eigenvalue weighted by atomic mass is 10.0. The Balaban J connectivity index is 1.90. The molecule has 1 atom stereocenters. The van der Waals surface area contributed by atoms with Gasteiger partial charge in [0.25, 0.3) is 0 Å². The van der Waals surface area contributed by atoms with Gasteiger partial charge in [-0.05, 0) is 31.9 Å². The van der Waals surface area contributed by atoms with E-state index in [2.05, 4.69) is 18.0 Å². The zero-order valence-electron chi connectivity index (χ0n) is 12.1. The monoisotopic (exact) mass is 262 g/mol. The van der Waals surface area contributed by atoms with Gasteiger partial charge in [-0.1, -0.05) is 31.0 Å². The van der Waals surface area contributed by atoms with Gasteiger partial charge >= 0.3 is 0 Å². The van der Waals surface area contributed by atoms with Crippen molar-refractivity contribution in [1.82, 2.24) is 4.90 Å². The second-order valence-corrected chi connectivity index (χ2v) is 5.72. The quantitative estimate of drug-likeness (QED) is 0.856. The number of hydrogen-bond acceptors (Lipinski definition) is 3. The van der Waals surface area contributed by atoms with Crippen LogP contribution in [0.15, 0.2) is 24.3 Å². The van der Waals surface area contributed by atoms with Crippen molar-refractivity contribution in [2.75, 3.05) is 27.2 Å². The van der Waals surface area contributed by atoms with Crippen molar-refractivity contribution in [2.45, 2.75) is 31.7 Å². The number of methoxy groups -OCH3 is 1. The molecule has 1 fully saturated rings. The summed E-state index contributed by atoms with van der Waals surface area (Å²) in [6, 6.07) is 8.06. The summed E-state index contributed by atoms with van der Waals surface area (Å²) in [7, 11) is 3.88. The highest BCUT2D eigenvalue weighted by molar-refractivity contribution is 5.35. The number of likely N-dealkylation sites (N-methyl/N-ethyl adjacent to an activating group) is 1. The van der Waals surface area contributed by atoms with Crippen LogP contribution in [0.4, 0.5) is 0 Å². The number of nitrogens with two attached hydrogens (primary N) is 1. The van der Waals surface area contributed by atoms with Gasteiger partial charge in [-0.25, -0.2) is 0 Å². The first-order valence-corrected chi connectivity index (χ1v) is 7.27. The lowest BCUT2D eigenvalue weighted by Gasteiger charge is -2.25. The molecule has 19 heavy (non-hydrogen) atoms. The second kappa shape index (κ2) is 6.92. The van der Waals surface area contributed by atoms with E-state index in [1.807, 2.05) is 18.2 Å². The molecule has 0 amide bonds. The van der Waals surface area contributed by atoms with Gasteiger partial charge in [-0.3, -0.25) is 0 Å². The van der Waals surface area contributed by atoms with E-state index >= 15 is 0 Å². The van der Waals surface area contributed by atoms with Gasteiger partial charge in [-0.15, -0.1) is 0 Å². The van der Waals surface area contributed by atoms with E-state index < -0.39 is 0 Å². The van der Waals surface area contributed by atoms with E-state index in [0.717, 1.165) is 23.8 Å². The fraction of sp³-hybridized carbons (Fsp3) is 0.625. The normalized spacial score (nSPS) is 17.9. The standard InChI is InChI=1S/C16H26N2O/c1-18(11-13-7-3-4-8-13)12-15(17)14-9-5-6-10-16(14)19-2/h5-6,9-10,13,15H,3-4,7-8,11-12,17H2,1-2H3. The molecule has 0 aromatic heterocycles. The highest BCUT2D eigenvalue weighted by Crippen LogP contribution is 2.27. The molecule has 2 rings (SSSR count). The lowest BCUT2D eigenvalue weighted by Crippen LogP contribution is -2.32. The third-order valence-corrected chi connectivity index (χ3v) is 4.09. The van der Waals surface area contributed by atoms with Crippen molar-refractivity contribution in [1.29, 1.82) is 0 Å². The molecule has 3 heteroatoms. The van der Waals surface area contributed by atoms with Gasteiger partial charge in [0.15, 0.2) is 0 Å². The van der Waals surface area contributed by atoms with Crippen LogP contribution in [-0.4, -0.2) is 32.1 Å². The molecule has 0 saturated heterocycles. The number of ether oxygens (including phenoxy) is 1. The molecule has 0 heterocycles. The molecule has 1 aromatic carbocycles. The first-order valence-electron chi connectivity index (χ1n) is 7.27. The van der Waals surface area contributed by atoms with E-state index in [9.17, 15) is 0 Å². The van der Waals surface area contributed by atoms with Crippen molar-refractivity contribution in [3.05, 3.63) is 29.8 Å². The maximum Gasteiger partial charge on any atom is 0.123 e. The summed E-state index contributed by atoms with van der Waals surface area (Å²) in [6.07, 6.45) is 5.57. The molecular weight excluding hydrogens is 236 g/mol.